The van der Waals surface area contributed by atoms with E-state index >= 15 is 0 Å². The zero-order chi connectivity index (χ0) is 16.6. The van der Waals surface area contributed by atoms with E-state index in [4.69, 9.17) is 0 Å². The van der Waals surface area contributed by atoms with Gasteiger partial charge in [-0.25, -0.2) is 9.50 Å². The van der Waals surface area contributed by atoms with Crippen molar-refractivity contribution in [1.29, 1.82) is 0 Å². The molecule has 3 heterocycles. The molecule has 0 saturated carbocycles. The number of fused-ring (bicyclic) bond motifs is 1. The summed E-state index contributed by atoms with van der Waals surface area (Å²) in [5.41, 5.74) is 3.00. The van der Waals surface area contributed by atoms with Crippen LogP contribution in [0.2, 0.25) is 0 Å². The van der Waals surface area contributed by atoms with Crippen LogP contribution in [0.3, 0.4) is 0 Å². The average molecular weight is 330 g/mol. The van der Waals surface area contributed by atoms with Crippen LogP contribution in [0.1, 0.15) is 34.7 Å². The summed E-state index contributed by atoms with van der Waals surface area (Å²) in [5.74, 6) is -0.203. The second-order valence-electron chi connectivity index (χ2n) is 5.53. The maximum atomic E-state index is 12.3. The molecule has 0 aliphatic carbocycles. The van der Waals surface area contributed by atoms with E-state index in [0.29, 0.717) is 12.2 Å². The fraction of sp³-hybridized carbons (Fsp3) is 0.312. The Morgan fingerprint density at radius 1 is 1.48 bits per heavy atom. The molecule has 23 heavy (non-hydrogen) atoms. The number of aryl methyl sites for hydroxylation is 2. The Bertz CT molecular complexity index is 908. The number of carbonyl (C=O) groups is 1. The van der Waals surface area contributed by atoms with E-state index < -0.39 is 0 Å². The van der Waals surface area contributed by atoms with Crippen molar-refractivity contribution in [1.82, 2.24) is 19.9 Å². The van der Waals surface area contributed by atoms with Crippen molar-refractivity contribution in [2.45, 2.75) is 33.2 Å². The Hall–Kier alpha value is -2.41. The average Bonchev–Trinajstić information content (AvgIpc) is 3.15. The van der Waals surface area contributed by atoms with Gasteiger partial charge in [-0.2, -0.15) is 0 Å². The van der Waals surface area contributed by atoms with E-state index in [1.54, 1.807) is 15.9 Å². The number of carbonyl (C=O) groups excluding carboxylic acids is 1. The molecule has 1 atom stereocenters. The first-order valence-corrected chi connectivity index (χ1v) is 8.24. The minimum atomic E-state index is -0.187. The Morgan fingerprint density at radius 3 is 2.96 bits per heavy atom. The molecule has 1 amide bonds. The predicted octanol–water partition coefficient (Wildman–Crippen LogP) is 2.12. The normalized spacial score (nSPS) is 12.5. The van der Waals surface area contributed by atoms with E-state index in [1.807, 2.05) is 38.3 Å². The van der Waals surface area contributed by atoms with Gasteiger partial charge in [-0.15, -0.1) is 11.3 Å². The summed E-state index contributed by atoms with van der Waals surface area (Å²) in [5, 5.41) is 7.64. The van der Waals surface area contributed by atoms with E-state index in [0.717, 1.165) is 21.8 Å². The molecule has 0 saturated heterocycles. The molecule has 0 bridgehead atoms. The van der Waals surface area contributed by atoms with Crippen molar-refractivity contribution in [3.05, 3.63) is 55.8 Å². The highest BCUT2D eigenvalue weighted by molar-refractivity contribution is 7.10. The lowest BCUT2D eigenvalue weighted by atomic mass is 10.1. The molecule has 3 rings (SSSR count). The first-order chi connectivity index (χ1) is 11.0. The topological polar surface area (TPSA) is 79.3 Å². The Labute approximate surface area is 137 Å². The molecule has 6 nitrogen and oxygen atoms in total. The number of hydrogen-bond donors (Lipinski definition) is 2. The van der Waals surface area contributed by atoms with Crippen LogP contribution in [0.15, 0.2) is 28.4 Å². The van der Waals surface area contributed by atoms with Gasteiger partial charge in [0.25, 0.3) is 5.56 Å². The van der Waals surface area contributed by atoms with E-state index in [-0.39, 0.29) is 17.4 Å². The van der Waals surface area contributed by atoms with Gasteiger partial charge in [0.2, 0.25) is 5.91 Å². The molecule has 0 aliphatic rings. The van der Waals surface area contributed by atoms with Crippen molar-refractivity contribution in [2.75, 3.05) is 0 Å². The molecule has 0 unspecified atom stereocenters. The third-order valence-electron chi connectivity index (χ3n) is 4.01. The van der Waals surface area contributed by atoms with Crippen LogP contribution in [-0.4, -0.2) is 20.5 Å². The number of nitrogens with zero attached hydrogens (tertiary/aromatic N) is 2. The van der Waals surface area contributed by atoms with Crippen LogP contribution >= 0.6 is 11.3 Å². The summed E-state index contributed by atoms with van der Waals surface area (Å²) in [6.45, 7) is 6.07. The van der Waals surface area contributed by atoms with Crippen molar-refractivity contribution in [3.63, 3.8) is 0 Å². The quantitative estimate of drug-likeness (QED) is 0.769. The number of aromatic amines is 1. The number of hydrogen-bond acceptors (Lipinski definition) is 4. The summed E-state index contributed by atoms with van der Waals surface area (Å²) >= 11 is 1.57. The Balaban J connectivity index is 1.81. The van der Waals surface area contributed by atoms with Gasteiger partial charge in [0.1, 0.15) is 0 Å². The fourth-order valence-electron chi connectivity index (χ4n) is 2.61. The third-order valence-corrected chi connectivity index (χ3v) is 5.06. The van der Waals surface area contributed by atoms with Crippen molar-refractivity contribution in [2.24, 2.45) is 0 Å². The van der Waals surface area contributed by atoms with Crippen LogP contribution in [0, 0.1) is 13.8 Å². The van der Waals surface area contributed by atoms with Crippen LogP contribution < -0.4 is 10.9 Å². The van der Waals surface area contributed by atoms with Gasteiger partial charge in [-0.05, 0) is 32.2 Å². The van der Waals surface area contributed by atoms with Gasteiger partial charge in [0, 0.05) is 34.4 Å². The lowest BCUT2D eigenvalue weighted by molar-refractivity contribution is -0.122. The number of rotatable bonds is 4. The smallest absolute Gasteiger partial charge is 0.266 e. The lowest BCUT2D eigenvalue weighted by Crippen LogP contribution is -2.28. The predicted molar refractivity (Wildman–Crippen MR) is 89.9 cm³/mol. The molecular weight excluding hydrogens is 312 g/mol. The molecule has 0 aliphatic heterocycles. The first kappa shape index (κ1) is 15.5. The molecule has 7 heteroatoms. The third kappa shape index (κ3) is 2.92. The van der Waals surface area contributed by atoms with Crippen LogP contribution in [0.5, 0.6) is 0 Å². The number of aromatic nitrogens is 3. The largest absolute Gasteiger partial charge is 0.351 e. The molecule has 0 spiro atoms. The molecular formula is C16H18N4O2S. The van der Waals surface area contributed by atoms with Gasteiger partial charge in [-0.1, -0.05) is 6.07 Å². The maximum absolute atomic E-state index is 12.3. The highest BCUT2D eigenvalue weighted by Crippen LogP contribution is 2.21. The zero-order valence-corrected chi connectivity index (χ0v) is 14.0. The van der Waals surface area contributed by atoms with Crippen molar-refractivity contribution >= 4 is 22.9 Å². The van der Waals surface area contributed by atoms with Gasteiger partial charge >= 0.3 is 0 Å². The summed E-state index contributed by atoms with van der Waals surface area (Å²) in [6, 6.07) is 5.36. The number of thiophene rings is 1. The molecule has 0 radical (unpaired) electrons. The summed E-state index contributed by atoms with van der Waals surface area (Å²) in [6.07, 6.45) is 0. The van der Waals surface area contributed by atoms with E-state index in [2.05, 4.69) is 15.4 Å². The monoisotopic (exact) mass is 330 g/mol. The van der Waals surface area contributed by atoms with Gasteiger partial charge < -0.3 is 5.32 Å². The highest BCUT2D eigenvalue weighted by Gasteiger charge is 2.17. The molecule has 0 fully saturated rings. The van der Waals surface area contributed by atoms with Gasteiger partial charge in [0.05, 0.1) is 5.92 Å². The summed E-state index contributed by atoms with van der Waals surface area (Å²) in [7, 11) is 0. The van der Waals surface area contributed by atoms with Gasteiger partial charge in [0.15, 0.2) is 5.65 Å². The number of nitrogens with one attached hydrogen (secondary N) is 2. The Kier molecular flexibility index (Phi) is 4.04. The van der Waals surface area contributed by atoms with E-state index in [1.165, 1.54) is 6.07 Å². The molecule has 3 aromatic heterocycles. The zero-order valence-electron chi connectivity index (χ0n) is 13.2. The molecule has 2 N–H and O–H groups in total. The van der Waals surface area contributed by atoms with Crippen LogP contribution in [0.25, 0.3) is 5.65 Å². The maximum Gasteiger partial charge on any atom is 0.266 e. The second kappa shape index (κ2) is 6.00. The van der Waals surface area contributed by atoms with Gasteiger partial charge in [-0.3, -0.25) is 14.7 Å². The lowest BCUT2D eigenvalue weighted by Gasteiger charge is -2.14. The number of H-pyrrole nitrogens is 1. The summed E-state index contributed by atoms with van der Waals surface area (Å²) in [4.78, 5) is 29.2. The fourth-order valence-corrected chi connectivity index (χ4v) is 3.39. The first-order valence-electron chi connectivity index (χ1n) is 7.36. The van der Waals surface area contributed by atoms with E-state index in [9.17, 15) is 9.59 Å². The molecule has 3 aromatic rings. The molecule has 120 valence electrons. The van der Waals surface area contributed by atoms with Crippen LogP contribution in [0.4, 0.5) is 0 Å². The Morgan fingerprint density at radius 2 is 2.26 bits per heavy atom. The standard InChI is InChI=1S/C16H18N4O2S/c1-9(13-5-4-6-23-13)16(22)17-8-12-10(2)18-14-7-15(21)19-20(14)11(12)3/h4-7,9H,8H2,1-3H3,(H,17,22)(H,19,21)/t9-/m0/s1. The molecule has 0 aromatic carbocycles. The minimum Gasteiger partial charge on any atom is -0.351 e. The highest BCUT2D eigenvalue weighted by atomic mass is 32.1. The second-order valence-corrected chi connectivity index (χ2v) is 6.51. The van der Waals surface area contributed by atoms with Crippen molar-refractivity contribution in [3.8, 4) is 0 Å². The number of amides is 1. The summed E-state index contributed by atoms with van der Waals surface area (Å²) < 4.78 is 1.65. The SMILES string of the molecule is Cc1nc2cc(=O)[nH]n2c(C)c1CNC(=O)[C@@H](C)c1cccs1. The van der Waals surface area contributed by atoms with Crippen LogP contribution in [-0.2, 0) is 11.3 Å². The van der Waals surface area contributed by atoms with Crippen molar-refractivity contribution < 1.29 is 4.79 Å². The minimum absolute atomic E-state index is 0.0210.